The minimum absolute atomic E-state index is 0.0243. The molecule has 0 radical (unpaired) electrons. The van der Waals surface area contributed by atoms with E-state index in [1.165, 1.54) is 4.68 Å². The molecule has 7 heteroatoms. The molecule has 0 atom stereocenters. The minimum Gasteiger partial charge on any atom is -0.478 e. The molecule has 0 aliphatic carbocycles. The van der Waals surface area contributed by atoms with Crippen molar-refractivity contribution >= 4 is 17.6 Å². The van der Waals surface area contributed by atoms with E-state index in [1.807, 2.05) is 26.8 Å². The first-order valence-corrected chi connectivity index (χ1v) is 6.65. The second kappa shape index (κ2) is 5.58. The Morgan fingerprint density at radius 1 is 1.35 bits per heavy atom. The lowest BCUT2D eigenvalue weighted by molar-refractivity contribution is 0.0696. The van der Waals surface area contributed by atoms with Crippen LogP contribution in [0.2, 0.25) is 5.15 Å². The molecule has 0 unspecified atom stereocenters. The molecule has 0 spiro atoms. The van der Waals surface area contributed by atoms with E-state index in [9.17, 15) is 9.90 Å². The van der Waals surface area contributed by atoms with Crippen LogP contribution in [0.5, 0.6) is 0 Å². The Morgan fingerprint density at radius 2 is 1.95 bits per heavy atom. The van der Waals surface area contributed by atoms with Gasteiger partial charge in [-0.05, 0) is 26.3 Å². The molecule has 0 fully saturated rings. The maximum absolute atomic E-state index is 11.3. The predicted molar refractivity (Wildman–Crippen MR) is 74.6 cm³/mol. The fourth-order valence-corrected chi connectivity index (χ4v) is 2.30. The largest absolute Gasteiger partial charge is 0.478 e. The standard InChI is InChI=1S/C13H15ClN4O2/c1-4-5-9-10(12(19)20)11(14)18(17-9)13-15-7(2)6-8(3)16-13/h6H,4-5H2,1-3H3,(H,19,20). The van der Waals surface area contributed by atoms with Crippen molar-refractivity contribution in [3.05, 3.63) is 33.9 Å². The zero-order valence-electron chi connectivity index (χ0n) is 11.5. The van der Waals surface area contributed by atoms with Gasteiger partial charge in [0.15, 0.2) is 5.15 Å². The third kappa shape index (κ3) is 2.65. The van der Waals surface area contributed by atoms with E-state index in [-0.39, 0.29) is 16.7 Å². The zero-order chi connectivity index (χ0) is 14.9. The summed E-state index contributed by atoms with van der Waals surface area (Å²) in [6.07, 6.45) is 1.32. The van der Waals surface area contributed by atoms with Gasteiger partial charge in [0, 0.05) is 11.4 Å². The molecule has 0 aromatic carbocycles. The highest BCUT2D eigenvalue weighted by atomic mass is 35.5. The molecule has 106 valence electrons. The van der Waals surface area contributed by atoms with E-state index in [4.69, 9.17) is 11.6 Å². The van der Waals surface area contributed by atoms with Crippen LogP contribution in [0.25, 0.3) is 5.95 Å². The van der Waals surface area contributed by atoms with Crippen LogP contribution in [-0.4, -0.2) is 30.8 Å². The SMILES string of the molecule is CCCc1nn(-c2nc(C)cc(C)n2)c(Cl)c1C(=O)O. The smallest absolute Gasteiger partial charge is 0.340 e. The number of halogens is 1. The molecule has 2 rings (SSSR count). The highest BCUT2D eigenvalue weighted by Gasteiger charge is 2.23. The van der Waals surface area contributed by atoms with Crippen molar-refractivity contribution in [2.45, 2.75) is 33.6 Å². The Balaban J connectivity index is 2.62. The maximum Gasteiger partial charge on any atom is 0.340 e. The molecule has 0 aliphatic heterocycles. The lowest BCUT2D eigenvalue weighted by atomic mass is 10.2. The number of rotatable bonds is 4. The number of nitrogens with zero attached hydrogens (tertiary/aromatic N) is 4. The van der Waals surface area contributed by atoms with E-state index >= 15 is 0 Å². The van der Waals surface area contributed by atoms with Crippen molar-refractivity contribution in [2.24, 2.45) is 0 Å². The molecule has 0 aliphatic rings. The number of aromatic nitrogens is 4. The lowest BCUT2D eigenvalue weighted by Gasteiger charge is -2.03. The van der Waals surface area contributed by atoms with Gasteiger partial charge in [-0.3, -0.25) is 0 Å². The molecule has 0 amide bonds. The summed E-state index contributed by atoms with van der Waals surface area (Å²) >= 11 is 6.14. The first-order chi connectivity index (χ1) is 9.43. The Labute approximate surface area is 121 Å². The monoisotopic (exact) mass is 294 g/mol. The number of carboxylic acids is 1. The Kier molecular flexibility index (Phi) is 4.04. The van der Waals surface area contributed by atoms with E-state index < -0.39 is 5.97 Å². The summed E-state index contributed by atoms with van der Waals surface area (Å²) in [5.41, 5.74) is 2.02. The molecule has 6 nitrogen and oxygen atoms in total. The van der Waals surface area contributed by atoms with Crippen LogP contribution in [0.4, 0.5) is 0 Å². The number of carboxylic acid groups (broad SMARTS) is 1. The Bertz CT molecular complexity index is 646. The van der Waals surface area contributed by atoms with Gasteiger partial charge in [0.05, 0.1) is 5.69 Å². The highest BCUT2D eigenvalue weighted by Crippen LogP contribution is 2.23. The molecule has 2 aromatic heterocycles. The molecule has 1 N–H and O–H groups in total. The second-order valence-corrected chi connectivity index (χ2v) is 4.89. The fraction of sp³-hybridized carbons (Fsp3) is 0.385. The van der Waals surface area contributed by atoms with Crippen molar-refractivity contribution < 1.29 is 9.90 Å². The number of aromatic carboxylic acids is 1. The van der Waals surface area contributed by atoms with Gasteiger partial charge in [0.25, 0.3) is 5.95 Å². The lowest BCUT2D eigenvalue weighted by Crippen LogP contribution is -2.06. The van der Waals surface area contributed by atoms with Crippen molar-refractivity contribution in [3.8, 4) is 5.95 Å². The van der Waals surface area contributed by atoms with Gasteiger partial charge in [-0.25, -0.2) is 14.8 Å². The minimum atomic E-state index is -1.09. The molecule has 2 aromatic rings. The summed E-state index contributed by atoms with van der Waals surface area (Å²) < 4.78 is 1.29. The van der Waals surface area contributed by atoms with Crippen LogP contribution in [0.3, 0.4) is 0 Å². The first kappa shape index (κ1) is 14.5. The molecule has 0 saturated carbocycles. The summed E-state index contributed by atoms with van der Waals surface area (Å²) in [5.74, 6) is -0.800. The summed E-state index contributed by atoms with van der Waals surface area (Å²) in [4.78, 5) is 19.8. The average Bonchev–Trinajstić information content (AvgIpc) is 2.65. The van der Waals surface area contributed by atoms with Gasteiger partial charge in [0.1, 0.15) is 5.56 Å². The predicted octanol–water partition coefficient (Wildman–Crippen LogP) is 2.58. The second-order valence-electron chi connectivity index (χ2n) is 4.53. The number of carbonyl (C=O) groups is 1. The van der Waals surface area contributed by atoms with Crippen LogP contribution in [0.15, 0.2) is 6.07 Å². The van der Waals surface area contributed by atoms with Crippen molar-refractivity contribution in [1.29, 1.82) is 0 Å². The topological polar surface area (TPSA) is 80.9 Å². The van der Waals surface area contributed by atoms with Crippen molar-refractivity contribution in [3.63, 3.8) is 0 Å². The number of aryl methyl sites for hydroxylation is 3. The summed E-state index contributed by atoms with van der Waals surface area (Å²) in [7, 11) is 0. The number of hydrogen-bond acceptors (Lipinski definition) is 4. The van der Waals surface area contributed by atoms with E-state index in [1.54, 1.807) is 0 Å². The van der Waals surface area contributed by atoms with Crippen molar-refractivity contribution in [2.75, 3.05) is 0 Å². The van der Waals surface area contributed by atoms with Gasteiger partial charge in [0.2, 0.25) is 0 Å². The molecule has 2 heterocycles. The average molecular weight is 295 g/mol. The van der Waals surface area contributed by atoms with Crippen molar-refractivity contribution in [1.82, 2.24) is 19.7 Å². The third-order valence-electron chi connectivity index (χ3n) is 2.76. The quantitative estimate of drug-likeness (QED) is 0.937. The van der Waals surface area contributed by atoms with E-state index in [0.717, 1.165) is 17.8 Å². The van der Waals surface area contributed by atoms with Crippen LogP contribution in [0.1, 0.15) is 40.8 Å². The molecule has 20 heavy (non-hydrogen) atoms. The fourth-order valence-electron chi connectivity index (χ4n) is 2.00. The van der Waals surface area contributed by atoms with Gasteiger partial charge in [-0.2, -0.15) is 9.78 Å². The molecule has 0 saturated heterocycles. The first-order valence-electron chi connectivity index (χ1n) is 6.27. The molecular formula is C13H15ClN4O2. The van der Waals surface area contributed by atoms with Gasteiger partial charge < -0.3 is 5.11 Å². The molecular weight excluding hydrogens is 280 g/mol. The normalized spacial score (nSPS) is 10.8. The third-order valence-corrected chi connectivity index (χ3v) is 3.11. The van der Waals surface area contributed by atoms with Gasteiger partial charge >= 0.3 is 5.97 Å². The highest BCUT2D eigenvalue weighted by molar-refractivity contribution is 6.32. The maximum atomic E-state index is 11.3. The van der Waals surface area contributed by atoms with Gasteiger partial charge in [-0.15, -0.1) is 0 Å². The van der Waals surface area contributed by atoms with Crippen LogP contribution >= 0.6 is 11.6 Å². The van der Waals surface area contributed by atoms with E-state index in [0.29, 0.717) is 12.1 Å². The Morgan fingerprint density at radius 3 is 2.45 bits per heavy atom. The van der Waals surface area contributed by atoms with Crippen LogP contribution in [0, 0.1) is 13.8 Å². The Hall–Kier alpha value is -1.95. The zero-order valence-corrected chi connectivity index (χ0v) is 12.3. The van der Waals surface area contributed by atoms with Gasteiger partial charge in [-0.1, -0.05) is 24.9 Å². The molecule has 0 bridgehead atoms. The number of hydrogen-bond donors (Lipinski definition) is 1. The summed E-state index contributed by atoms with van der Waals surface area (Å²) in [6, 6.07) is 1.83. The van der Waals surface area contributed by atoms with E-state index in [2.05, 4.69) is 15.1 Å². The summed E-state index contributed by atoms with van der Waals surface area (Å²) in [5, 5.41) is 13.5. The van der Waals surface area contributed by atoms with Crippen LogP contribution < -0.4 is 0 Å². The van der Waals surface area contributed by atoms with Crippen LogP contribution in [-0.2, 0) is 6.42 Å². The summed E-state index contributed by atoms with van der Waals surface area (Å²) in [6.45, 7) is 5.62.